The van der Waals surface area contributed by atoms with E-state index < -0.39 is 5.97 Å². The van der Waals surface area contributed by atoms with Crippen LogP contribution in [0.25, 0.3) is 10.8 Å². The topological polar surface area (TPSA) is 43.4 Å². The maximum Gasteiger partial charge on any atom is 0.425 e. The van der Waals surface area contributed by atoms with Gasteiger partial charge >= 0.3 is 12.4 Å². The largest absolute Gasteiger partial charge is 0.425 e. The highest BCUT2D eigenvalue weighted by Crippen LogP contribution is 2.18. The fourth-order valence-electron chi connectivity index (χ4n) is 1.50. The minimum absolute atomic E-state index is 0.372. The summed E-state index contributed by atoms with van der Waals surface area (Å²) >= 11 is 0. The number of benzene rings is 2. The van der Waals surface area contributed by atoms with Crippen molar-refractivity contribution >= 4 is 23.2 Å². The lowest BCUT2D eigenvalue weighted by Gasteiger charge is -2.02. The Morgan fingerprint density at radius 2 is 1.80 bits per heavy atom. The third-order valence-corrected chi connectivity index (χ3v) is 2.14. The molecule has 0 aromatic heterocycles. The van der Waals surface area contributed by atoms with Crippen molar-refractivity contribution in [3.8, 4) is 0 Å². The Morgan fingerprint density at radius 3 is 2.60 bits per heavy atom. The summed E-state index contributed by atoms with van der Waals surface area (Å²) in [7, 11) is 0. The molecule has 15 heavy (non-hydrogen) atoms. The second-order valence-electron chi connectivity index (χ2n) is 3.00. The van der Waals surface area contributed by atoms with E-state index >= 15 is 0 Å². The summed E-state index contributed by atoms with van der Waals surface area (Å²) in [6.07, 6.45) is 0. The first-order valence-electron chi connectivity index (χ1n) is 4.39. The zero-order chi connectivity index (χ0) is 10.7. The summed E-state index contributed by atoms with van der Waals surface area (Å²) in [6, 6.07) is 12.6. The number of hydrogen-bond donors (Lipinski definition) is 0. The molecule has 2 aromatic carbocycles. The normalized spacial score (nSPS) is 9.87. The van der Waals surface area contributed by atoms with Gasteiger partial charge in [0.05, 0.1) is 5.56 Å². The Kier molecular flexibility index (Phi) is 2.46. The number of esters is 1. The fraction of sp³-hybridized carbons (Fsp3) is 0. The predicted octanol–water partition coefficient (Wildman–Crippen LogP) is 2.06. The number of carbonyl (C=O) groups is 1. The third-order valence-electron chi connectivity index (χ3n) is 2.14. The van der Waals surface area contributed by atoms with Crippen LogP contribution in [0.1, 0.15) is 10.4 Å². The van der Waals surface area contributed by atoms with Gasteiger partial charge in [0, 0.05) is 0 Å². The lowest BCUT2D eigenvalue weighted by atomic mass is 10.1. The van der Waals surface area contributed by atoms with Crippen LogP contribution in [0.2, 0.25) is 0 Å². The Bertz CT molecular complexity index is 512. The molecular formula is C12H7O3. The van der Waals surface area contributed by atoms with E-state index in [0.717, 1.165) is 17.2 Å². The van der Waals surface area contributed by atoms with Crippen LogP contribution in [0.3, 0.4) is 0 Å². The summed E-state index contributed by atoms with van der Waals surface area (Å²) in [6.45, 7) is 1.13. The lowest BCUT2D eigenvalue weighted by Crippen LogP contribution is -2.03. The maximum atomic E-state index is 11.4. The first-order chi connectivity index (χ1) is 7.33. The van der Waals surface area contributed by atoms with Crippen molar-refractivity contribution in [3.05, 3.63) is 48.0 Å². The number of fused-ring (bicyclic) bond motifs is 1. The van der Waals surface area contributed by atoms with Crippen molar-refractivity contribution in [2.45, 2.75) is 0 Å². The molecule has 0 N–H and O–H groups in total. The number of hydrogen-bond acceptors (Lipinski definition) is 3. The van der Waals surface area contributed by atoms with E-state index in [2.05, 4.69) is 4.74 Å². The highest BCUT2D eigenvalue weighted by atomic mass is 16.6. The van der Waals surface area contributed by atoms with Gasteiger partial charge in [-0.1, -0.05) is 36.4 Å². The molecule has 0 amide bonds. The Balaban J connectivity index is 2.60. The van der Waals surface area contributed by atoms with Crippen molar-refractivity contribution in [2.75, 3.05) is 0 Å². The average molecular weight is 199 g/mol. The molecular weight excluding hydrogens is 192 g/mol. The number of carbonyl (C=O) groups excluding carboxylic acids is 2. The highest BCUT2D eigenvalue weighted by molar-refractivity contribution is 6.05. The molecule has 0 saturated heterocycles. The molecule has 0 saturated carbocycles. The molecule has 0 atom stereocenters. The van der Waals surface area contributed by atoms with Crippen LogP contribution in [0.4, 0.5) is 0 Å². The minimum Gasteiger partial charge on any atom is -0.381 e. The number of rotatable bonds is 2. The molecule has 2 rings (SSSR count). The van der Waals surface area contributed by atoms with Gasteiger partial charge in [-0.15, -0.1) is 0 Å². The molecule has 0 aliphatic rings. The molecule has 0 spiro atoms. The molecule has 1 radical (unpaired) electrons. The van der Waals surface area contributed by atoms with Gasteiger partial charge < -0.3 is 4.74 Å². The van der Waals surface area contributed by atoms with E-state index in [1.165, 1.54) is 0 Å². The summed E-state index contributed by atoms with van der Waals surface area (Å²) in [5.41, 5.74) is 0.372. The van der Waals surface area contributed by atoms with Gasteiger partial charge in [0.15, 0.2) is 0 Å². The number of ether oxygens (including phenoxy) is 1. The minimum atomic E-state index is -0.679. The first kappa shape index (κ1) is 9.40. The maximum absolute atomic E-state index is 11.4. The summed E-state index contributed by atoms with van der Waals surface area (Å²) in [5, 5.41) is 1.69. The monoisotopic (exact) mass is 199 g/mol. The van der Waals surface area contributed by atoms with Crippen molar-refractivity contribution in [3.63, 3.8) is 0 Å². The van der Waals surface area contributed by atoms with E-state index in [-0.39, 0.29) is 0 Å². The Morgan fingerprint density at radius 1 is 1.07 bits per heavy atom. The molecule has 0 bridgehead atoms. The van der Waals surface area contributed by atoms with Crippen molar-refractivity contribution in [1.29, 1.82) is 0 Å². The van der Waals surface area contributed by atoms with Crippen molar-refractivity contribution in [2.24, 2.45) is 0 Å². The summed E-state index contributed by atoms with van der Waals surface area (Å²) in [5.74, 6) is -0.679. The van der Waals surface area contributed by atoms with Crippen LogP contribution in [0.5, 0.6) is 0 Å². The zero-order valence-electron chi connectivity index (χ0n) is 7.77. The van der Waals surface area contributed by atoms with Crippen molar-refractivity contribution in [1.82, 2.24) is 0 Å². The molecule has 0 unspecified atom stereocenters. The van der Waals surface area contributed by atoms with E-state index in [4.69, 9.17) is 0 Å². The average Bonchev–Trinajstić information content (AvgIpc) is 2.28. The second-order valence-corrected chi connectivity index (χ2v) is 3.00. The van der Waals surface area contributed by atoms with Gasteiger partial charge in [-0.2, -0.15) is 0 Å². The quantitative estimate of drug-likeness (QED) is 0.549. The van der Waals surface area contributed by atoms with Crippen LogP contribution in [0.15, 0.2) is 42.5 Å². The zero-order valence-corrected chi connectivity index (χ0v) is 7.77. The van der Waals surface area contributed by atoms with Gasteiger partial charge in [0.1, 0.15) is 0 Å². The first-order valence-corrected chi connectivity index (χ1v) is 4.39. The predicted molar refractivity (Wildman–Crippen MR) is 55.1 cm³/mol. The molecule has 73 valence electrons. The van der Waals surface area contributed by atoms with Crippen LogP contribution < -0.4 is 0 Å². The Hall–Kier alpha value is -2.16. The van der Waals surface area contributed by atoms with E-state index in [1.807, 2.05) is 24.3 Å². The molecule has 3 nitrogen and oxygen atoms in total. The van der Waals surface area contributed by atoms with Crippen molar-refractivity contribution < 1.29 is 14.3 Å². The molecule has 0 aliphatic carbocycles. The molecule has 3 heteroatoms. The van der Waals surface area contributed by atoms with Crippen LogP contribution in [0, 0.1) is 0 Å². The summed E-state index contributed by atoms with van der Waals surface area (Å²) in [4.78, 5) is 21.3. The van der Waals surface area contributed by atoms with Gasteiger partial charge in [-0.25, -0.2) is 9.59 Å². The molecule has 0 fully saturated rings. The van der Waals surface area contributed by atoms with Crippen LogP contribution in [-0.2, 0) is 9.53 Å². The van der Waals surface area contributed by atoms with E-state index in [9.17, 15) is 9.59 Å². The van der Waals surface area contributed by atoms with E-state index in [0.29, 0.717) is 5.56 Å². The van der Waals surface area contributed by atoms with Crippen LogP contribution >= 0.6 is 0 Å². The molecule has 0 aliphatic heterocycles. The third kappa shape index (κ3) is 1.72. The van der Waals surface area contributed by atoms with E-state index in [1.54, 1.807) is 18.2 Å². The SMILES string of the molecule is O=[C]OC(=O)c1cccc2ccccc12. The van der Waals surface area contributed by atoms with Gasteiger partial charge in [0.2, 0.25) is 0 Å². The molecule has 2 aromatic rings. The van der Waals surface area contributed by atoms with Gasteiger partial charge in [0.25, 0.3) is 0 Å². The van der Waals surface area contributed by atoms with Gasteiger partial charge in [-0.05, 0) is 16.8 Å². The van der Waals surface area contributed by atoms with Crippen LogP contribution in [-0.4, -0.2) is 12.4 Å². The second kappa shape index (κ2) is 3.92. The standard InChI is InChI=1S/C12H7O3/c13-8-15-12(14)11-7-3-5-9-4-1-2-6-10(9)11/h1-7H. The highest BCUT2D eigenvalue weighted by Gasteiger charge is 2.10. The fourth-order valence-corrected chi connectivity index (χ4v) is 1.50. The Labute approximate surface area is 86.3 Å². The van der Waals surface area contributed by atoms with Gasteiger partial charge in [-0.3, -0.25) is 0 Å². The molecule has 0 heterocycles. The lowest BCUT2D eigenvalue weighted by molar-refractivity contribution is 0.0712. The smallest absolute Gasteiger partial charge is 0.381 e. The summed E-state index contributed by atoms with van der Waals surface area (Å²) < 4.78 is 4.19.